The third-order valence-corrected chi connectivity index (χ3v) is 13.0. The van der Waals surface area contributed by atoms with Crippen LogP contribution in [0, 0.1) is 5.92 Å². The molecule has 1 aliphatic rings. The summed E-state index contributed by atoms with van der Waals surface area (Å²) >= 11 is 0. The highest BCUT2D eigenvalue weighted by Crippen LogP contribution is 2.39. The van der Waals surface area contributed by atoms with E-state index in [1.54, 1.807) is 0 Å². The van der Waals surface area contributed by atoms with Crippen molar-refractivity contribution in [1.29, 1.82) is 0 Å². The van der Waals surface area contributed by atoms with Gasteiger partial charge in [0, 0.05) is 25.7 Å². The van der Waals surface area contributed by atoms with Crippen molar-refractivity contribution in [2.75, 3.05) is 13.2 Å². The SMILES string of the molecule is CC(C)(C)OC(=O)[C@H]1C[C@@H](CO[Si](c2ccccc2)(c2ccccc2)C(C)(C)C)[C@H](CN)N1Cc1ccccc1. The van der Waals surface area contributed by atoms with Gasteiger partial charge in [-0.1, -0.05) is 112 Å². The number of hydrogen-bond acceptors (Lipinski definition) is 5. The zero-order valence-corrected chi connectivity index (χ0v) is 26.0. The average Bonchev–Trinajstić information content (AvgIpc) is 3.26. The summed E-state index contributed by atoms with van der Waals surface area (Å²) in [6.07, 6.45) is 0.655. The Morgan fingerprint density at radius 2 is 1.35 bits per heavy atom. The van der Waals surface area contributed by atoms with Gasteiger partial charge in [-0.05, 0) is 54.1 Å². The highest BCUT2D eigenvalue weighted by Gasteiger charge is 2.52. The van der Waals surface area contributed by atoms with Crippen molar-refractivity contribution in [3.05, 3.63) is 96.6 Å². The second-order valence-corrected chi connectivity index (χ2v) is 17.3. The molecular formula is C34H46N2O3Si. The molecule has 0 amide bonds. The Morgan fingerprint density at radius 3 is 1.80 bits per heavy atom. The van der Waals surface area contributed by atoms with E-state index in [4.69, 9.17) is 14.9 Å². The van der Waals surface area contributed by atoms with Gasteiger partial charge < -0.3 is 14.9 Å². The smallest absolute Gasteiger partial charge is 0.323 e. The summed E-state index contributed by atoms with van der Waals surface area (Å²) in [6, 6.07) is 31.3. The summed E-state index contributed by atoms with van der Waals surface area (Å²) in [5, 5.41) is 2.38. The molecule has 1 fully saturated rings. The van der Waals surface area contributed by atoms with Crippen LogP contribution >= 0.6 is 0 Å². The Balaban J connectivity index is 1.70. The Hall–Kier alpha value is -2.77. The molecule has 0 radical (unpaired) electrons. The lowest BCUT2D eigenvalue weighted by Gasteiger charge is -2.44. The number of carbonyl (C=O) groups is 1. The predicted molar refractivity (Wildman–Crippen MR) is 166 cm³/mol. The fourth-order valence-electron chi connectivity index (χ4n) is 6.20. The number of nitrogens with zero attached hydrogens (tertiary/aromatic N) is 1. The Kier molecular flexibility index (Phi) is 9.35. The monoisotopic (exact) mass is 558 g/mol. The molecule has 1 saturated heterocycles. The number of nitrogens with two attached hydrogens (primary N) is 1. The number of hydrogen-bond donors (Lipinski definition) is 1. The van der Waals surface area contributed by atoms with E-state index in [0.717, 1.165) is 5.56 Å². The number of likely N-dealkylation sites (tertiary alicyclic amines) is 1. The summed E-state index contributed by atoms with van der Waals surface area (Å²) in [6.45, 7) is 14.3. The van der Waals surface area contributed by atoms with Crippen LogP contribution in [-0.2, 0) is 20.5 Å². The summed E-state index contributed by atoms with van der Waals surface area (Å²) < 4.78 is 13.2. The molecule has 5 nitrogen and oxygen atoms in total. The molecule has 3 atom stereocenters. The molecule has 1 heterocycles. The largest absolute Gasteiger partial charge is 0.459 e. The van der Waals surface area contributed by atoms with Gasteiger partial charge in [-0.3, -0.25) is 9.69 Å². The third kappa shape index (κ3) is 6.57. The van der Waals surface area contributed by atoms with Crippen LogP contribution in [0.3, 0.4) is 0 Å². The van der Waals surface area contributed by atoms with Gasteiger partial charge in [-0.15, -0.1) is 0 Å². The molecule has 0 aliphatic carbocycles. The topological polar surface area (TPSA) is 64.8 Å². The van der Waals surface area contributed by atoms with Crippen molar-refractivity contribution >= 4 is 24.7 Å². The van der Waals surface area contributed by atoms with E-state index in [9.17, 15) is 4.79 Å². The van der Waals surface area contributed by atoms with Gasteiger partial charge in [0.1, 0.15) is 11.6 Å². The molecule has 0 bridgehead atoms. The lowest BCUT2D eigenvalue weighted by Crippen LogP contribution is -2.67. The lowest BCUT2D eigenvalue weighted by molar-refractivity contribution is -0.161. The van der Waals surface area contributed by atoms with Crippen LogP contribution in [0.4, 0.5) is 0 Å². The number of carbonyl (C=O) groups excluding carboxylic acids is 1. The molecule has 3 aromatic rings. The number of ether oxygens (including phenoxy) is 1. The molecule has 0 aromatic heterocycles. The maximum atomic E-state index is 13.5. The zero-order chi connectivity index (χ0) is 29.0. The number of esters is 1. The Morgan fingerprint density at radius 1 is 0.850 bits per heavy atom. The molecule has 1 aliphatic heterocycles. The van der Waals surface area contributed by atoms with Crippen LogP contribution in [-0.4, -0.2) is 50.0 Å². The van der Waals surface area contributed by atoms with Crippen LogP contribution in [0.15, 0.2) is 91.0 Å². The van der Waals surface area contributed by atoms with E-state index >= 15 is 0 Å². The van der Waals surface area contributed by atoms with Gasteiger partial charge in [0.25, 0.3) is 8.32 Å². The normalized spacial score (nSPS) is 20.4. The number of rotatable bonds is 9. The minimum absolute atomic E-state index is 0.00376. The van der Waals surface area contributed by atoms with E-state index < -0.39 is 13.9 Å². The first kappa shape index (κ1) is 30.2. The van der Waals surface area contributed by atoms with Gasteiger partial charge in [-0.2, -0.15) is 0 Å². The van der Waals surface area contributed by atoms with E-state index in [1.807, 2.05) is 39.0 Å². The fraction of sp³-hybridized carbons (Fsp3) is 0.441. The van der Waals surface area contributed by atoms with Gasteiger partial charge >= 0.3 is 5.97 Å². The molecule has 0 unspecified atom stereocenters. The summed E-state index contributed by atoms with van der Waals surface area (Å²) in [7, 11) is -2.72. The highest BCUT2D eigenvalue weighted by atomic mass is 28.4. The van der Waals surface area contributed by atoms with Crippen molar-refractivity contribution < 1.29 is 14.0 Å². The molecule has 0 spiro atoms. The summed E-state index contributed by atoms with van der Waals surface area (Å²) in [5.41, 5.74) is 7.06. The third-order valence-electron chi connectivity index (χ3n) is 7.96. The molecule has 0 saturated carbocycles. The Labute approximate surface area is 241 Å². The van der Waals surface area contributed by atoms with Crippen LogP contribution in [0.25, 0.3) is 0 Å². The first-order valence-electron chi connectivity index (χ1n) is 14.4. The average molecular weight is 559 g/mol. The zero-order valence-electron chi connectivity index (χ0n) is 25.0. The van der Waals surface area contributed by atoms with Gasteiger partial charge in [0.15, 0.2) is 0 Å². The van der Waals surface area contributed by atoms with Crippen molar-refractivity contribution in [2.45, 2.75) is 77.2 Å². The summed E-state index contributed by atoms with van der Waals surface area (Å²) in [5.74, 6) is -0.0947. The second-order valence-electron chi connectivity index (χ2n) is 13.0. The van der Waals surface area contributed by atoms with Gasteiger partial charge in [0.2, 0.25) is 0 Å². The van der Waals surface area contributed by atoms with Crippen molar-refractivity contribution in [3.8, 4) is 0 Å². The highest BCUT2D eigenvalue weighted by molar-refractivity contribution is 6.99. The maximum absolute atomic E-state index is 13.5. The maximum Gasteiger partial charge on any atom is 0.323 e. The van der Waals surface area contributed by atoms with Crippen LogP contribution in [0.1, 0.15) is 53.5 Å². The Bertz CT molecular complexity index is 1180. The van der Waals surface area contributed by atoms with Crippen molar-refractivity contribution in [2.24, 2.45) is 11.7 Å². The summed E-state index contributed by atoms with van der Waals surface area (Å²) in [4.78, 5) is 15.8. The molecule has 40 heavy (non-hydrogen) atoms. The molecule has 214 valence electrons. The molecule has 3 aromatic carbocycles. The van der Waals surface area contributed by atoms with Crippen LogP contribution < -0.4 is 16.1 Å². The van der Waals surface area contributed by atoms with Gasteiger partial charge in [0.05, 0.1) is 0 Å². The minimum atomic E-state index is -2.72. The van der Waals surface area contributed by atoms with Gasteiger partial charge in [-0.25, -0.2) is 0 Å². The van der Waals surface area contributed by atoms with Crippen LogP contribution in [0.5, 0.6) is 0 Å². The van der Waals surface area contributed by atoms with Crippen molar-refractivity contribution in [1.82, 2.24) is 4.90 Å². The van der Waals surface area contributed by atoms with Crippen molar-refractivity contribution in [3.63, 3.8) is 0 Å². The number of benzene rings is 3. The first-order valence-corrected chi connectivity index (χ1v) is 16.3. The molecule has 2 N–H and O–H groups in total. The first-order chi connectivity index (χ1) is 19.0. The fourth-order valence-corrected chi connectivity index (χ4v) is 10.8. The van der Waals surface area contributed by atoms with E-state index in [2.05, 4.69) is 98.5 Å². The van der Waals surface area contributed by atoms with E-state index in [0.29, 0.717) is 26.1 Å². The second kappa shape index (κ2) is 12.4. The molecular weight excluding hydrogens is 512 g/mol. The predicted octanol–water partition coefficient (Wildman–Crippen LogP) is 5.12. The van der Waals surface area contributed by atoms with E-state index in [1.165, 1.54) is 10.4 Å². The minimum Gasteiger partial charge on any atom is -0.459 e. The van der Waals surface area contributed by atoms with Crippen LogP contribution in [0.2, 0.25) is 5.04 Å². The quantitative estimate of drug-likeness (QED) is 0.292. The van der Waals surface area contributed by atoms with E-state index in [-0.39, 0.29) is 29.0 Å². The lowest BCUT2D eigenvalue weighted by atomic mass is 10.00. The molecule has 6 heteroatoms. The molecule has 4 rings (SSSR count). The standard InChI is InChI=1S/C34H46N2O3Si/c1-33(2,3)39-32(37)30-22-27(31(23-35)36(30)24-26-16-10-7-11-17-26)25-38-40(34(4,5)6,28-18-12-8-13-19-28)29-20-14-9-15-21-29/h7-21,27,30-31H,22-25,35H2,1-6H3/t27-,30+,31-/m0/s1.